The van der Waals surface area contributed by atoms with Crippen molar-refractivity contribution in [2.24, 2.45) is 0 Å². The number of aliphatic hydroxyl groups is 1. The first kappa shape index (κ1) is 11.8. The van der Waals surface area contributed by atoms with Gasteiger partial charge in [0, 0.05) is 17.9 Å². The van der Waals surface area contributed by atoms with Crippen molar-refractivity contribution in [1.29, 1.82) is 0 Å². The van der Waals surface area contributed by atoms with Crippen molar-refractivity contribution in [2.45, 2.75) is 25.4 Å². The van der Waals surface area contributed by atoms with Crippen LogP contribution in [0, 0.1) is 6.92 Å². The van der Waals surface area contributed by atoms with E-state index >= 15 is 0 Å². The third kappa shape index (κ3) is 1.84. The lowest BCUT2D eigenvalue weighted by atomic mass is 9.90. The normalized spacial score (nSPS) is 16.6. The van der Waals surface area contributed by atoms with Crippen molar-refractivity contribution in [2.75, 3.05) is 0 Å². The Morgan fingerprint density at radius 2 is 1.67 bits per heavy atom. The number of benzene rings is 2. The largest absolute Gasteiger partial charge is 0.384 e. The van der Waals surface area contributed by atoms with Gasteiger partial charge >= 0.3 is 0 Å². The number of fused-ring (bicyclic) bond motifs is 1. The molecule has 2 aromatic rings. The highest BCUT2D eigenvalue weighted by atomic mass is 35.5. The maximum Gasteiger partial charge on any atom is 0.0977 e. The third-order valence-corrected chi connectivity index (χ3v) is 4.20. The highest BCUT2D eigenvalue weighted by Crippen LogP contribution is 2.38. The van der Waals surface area contributed by atoms with Crippen LogP contribution in [0.4, 0.5) is 0 Å². The second-order valence-electron chi connectivity index (χ2n) is 5.12. The van der Waals surface area contributed by atoms with Gasteiger partial charge in [-0.15, -0.1) is 0 Å². The van der Waals surface area contributed by atoms with Crippen molar-refractivity contribution < 1.29 is 5.11 Å². The van der Waals surface area contributed by atoms with E-state index in [1.165, 1.54) is 11.1 Å². The van der Waals surface area contributed by atoms with E-state index in [1.54, 1.807) is 0 Å². The minimum absolute atomic E-state index is 0.669. The second-order valence-corrected chi connectivity index (χ2v) is 5.53. The molecule has 2 aromatic carbocycles. The molecule has 0 aromatic heterocycles. The van der Waals surface area contributed by atoms with Gasteiger partial charge in [0.2, 0.25) is 0 Å². The Labute approximate surface area is 112 Å². The first-order chi connectivity index (χ1) is 8.58. The molecule has 92 valence electrons. The monoisotopic (exact) mass is 258 g/mol. The van der Waals surface area contributed by atoms with Gasteiger partial charge in [0.1, 0.15) is 0 Å². The second kappa shape index (κ2) is 4.11. The molecule has 0 atom stereocenters. The Hall–Kier alpha value is -1.31. The van der Waals surface area contributed by atoms with Crippen LogP contribution in [0.3, 0.4) is 0 Å². The Morgan fingerprint density at radius 1 is 1.06 bits per heavy atom. The summed E-state index contributed by atoms with van der Waals surface area (Å²) in [6, 6.07) is 14.1. The first-order valence-electron chi connectivity index (χ1n) is 6.14. The summed E-state index contributed by atoms with van der Waals surface area (Å²) >= 11 is 6.15. The van der Waals surface area contributed by atoms with Crippen LogP contribution in [0.25, 0.3) is 0 Å². The molecule has 18 heavy (non-hydrogen) atoms. The van der Waals surface area contributed by atoms with E-state index in [1.807, 2.05) is 37.3 Å². The lowest BCUT2D eigenvalue weighted by Crippen LogP contribution is -2.26. The summed E-state index contributed by atoms with van der Waals surface area (Å²) in [6.07, 6.45) is 1.34. The SMILES string of the molecule is Cc1ccc(C2(O)Cc3ccccc3C2)cc1Cl. The Morgan fingerprint density at radius 3 is 2.22 bits per heavy atom. The molecule has 0 aliphatic heterocycles. The van der Waals surface area contributed by atoms with Gasteiger partial charge in [0.25, 0.3) is 0 Å². The van der Waals surface area contributed by atoms with E-state index in [-0.39, 0.29) is 0 Å². The highest BCUT2D eigenvalue weighted by molar-refractivity contribution is 6.31. The standard InChI is InChI=1S/C16H15ClO/c1-11-6-7-14(8-15(11)17)16(18)9-12-4-2-3-5-13(12)10-16/h2-8,18H,9-10H2,1H3. The molecule has 0 amide bonds. The molecule has 1 aliphatic carbocycles. The summed E-state index contributed by atoms with van der Waals surface area (Å²) < 4.78 is 0. The van der Waals surface area contributed by atoms with Gasteiger partial charge in [0.15, 0.2) is 0 Å². The van der Waals surface area contributed by atoms with E-state index in [9.17, 15) is 5.11 Å². The van der Waals surface area contributed by atoms with Crippen LogP contribution in [-0.4, -0.2) is 5.11 Å². The number of hydrogen-bond donors (Lipinski definition) is 1. The number of aryl methyl sites for hydroxylation is 1. The third-order valence-electron chi connectivity index (χ3n) is 3.79. The van der Waals surface area contributed by atoms with Gasteiger partial charge in [-0.3, -0.25) is 0 Å². The number of rotatable bonds is 1. The topological polar surface area (TPSA) is 20.2 Å². The minimum atomic E-state index is -0.805. The molecule has 0 fully saturated rings. The smallest absolute Gasteiger partial charge is 0.0977 e. The lowest BCUT2D eigenvalue weighted by Gasteiger charge is -2.23. The average molecular weight is 259 g/mol. The summed E-state index contributed by atoms with van der Waals surface area (Å²) in [5, 5.41) is 11.6. The lowest BCUT2D eigenvalue weighted by molar-refractivity contribution is 0.0482. The van der Waals surface area contributed by atoms with Crippen molar-refractivity contribution in [3.05, 3.63) is 69.7 Å². The molecule has 2 heteroatoms. The molecule has 3 rings (SSSR count). The van der Waals surface area contributed by atoms with E-state index in [0.717, 1.165) is 16.1 Å². The van der Waals surface area contributed by atoms with Gasteiger partial charge < -0.3 is 5.11 Å². The van der Waals surface area contributed by atoms with Gasteiger partial charge in [-0.25, -0.2) is 0 Å². The van der Waals surface area contributed by atoms with Crippen LogP contribution in [0.5, 0.6) is 0 Å². The fourth-order valence-corrected chi connectivity index (χ4v) is 2.86. The molecule has 0 radical (unpaired) electrons. The van der Waals surface area contributed by atoms with Crippen molar-refractivity contribution in [1.82, 2.24) is 0 Å². The molecule has 0 bridgehead atoms. The highest BCUT2D eigenvalue weighted by Gasteiger charge is 2.36. The summed E-state index contributed by atoms with van der Waals surface area (Å²) in [7, 11) is 0. The summed E-state index contributed by atoms with van der Waals surface area (Å²) in [5.74, 6) is 0. The Balaban J connectivity index is 2.01. The molecule has 0 saturated carbocycles. The average Bonchev–Trinajstić information content (AvgIpc) is 2.70. The summed E-state index contributed by atoms with van der Waals surface area (Å²) in [6.45, 7) is 1.97. The van der Waals surface area contributed by atoms with E-state index < -0.39 is 5.60 Å². The summed E-state index contributed by atoms with van der Waals surface area (Å²) in [5.41, 5.74) is 3.61. The first-order valence-corrected chi connectivity index (χ1v) is 6.52. The van der Waals surface area contributed by atoms with Crippen LogP contribution >= 0.6 is 11.6 Å². The maximum absolute atomic E-state index is 10.8. The molecule has 1 N–H and O–H groups in total. The zero-order chi connectivity index (χ0) is 12.8. The minimum Gasteiger partial charge on any atom is -0.384 e. The maximum atomic E-state index is 10.8. The van der Waals surface area contributed by atoms with Crippen LogP contribution < -0.4 is 0 Å². The molecule has 0 spiro atoms. The van der Waals surface area contributed by atoms with Crippen LogP contribution in [0.1, 0.15) is 22.3 Å². The van der Waals surface area contributed by atoms with Gasteiger partial charge in [0.05, 0.1) is 5.60 Å². The predicted octanol–water partition coefficient (Wildman–Crippen LogP) is 3.63. The molecule has 1 aliphatic rings. The number of hydrogen-bond acceptors (Lipinski definition) is 1. The Kier molecular flexibility index (Phi) is 2.69. The Bertz CT molecular complexity index is 579. The van der Waals surface area contributed by atoms with Crippen LogP contribution in [0.2, 0.25) is 5.02 Å². The van der Waals surface area contributed by atoms with Gasteiger partial charge in [-0.05, 0) is 35.2 Å². The van der Waals surface area contributed by atoms with Crippen molar-refractivity contribution >= 4 is 11.6 Å². The van der Waals surface area contributed by atoms with Crippen molar-refractivity contribution in [3.8, 4) is 0 Å². The fourth-order valence-electron chi connectivity index (χ4n) is 2.68. The molecule has 1 nitrogen and oxygen atoms in total. The quantitative estimate of drug-likeness (QED) is 0.828. The molecule has 0 heterocycles. The molecular formula is C16H15ClO. The van der Waals surface area contributed by atoms with Crippen LogP contribution in [0.15, 0.2) is 42.5 Å². The van der Waals surface area contributed by atoms with Crippen LogP contribution in [-0.2, 0) is 18.4 Å². The van der Waals surface area contributed by atoms with Gasteiger partial charge in [-0.2, -0.15) is 0 Å². The fraction of sp³-hybridized carbons (Fsp3) is 0.250. The van der Waals surface area contributed by atoms with Gasteiger partial charge in [-0.1, -0.05) is 48.0 Å². The zero-order valence-electron chi connectivity index (χ0n) is 10.3. The van der Waals surface area contributed by atoms with Crippen molar-refractivity contribution in [3.63, 3.8) is 0 Å². The van der Waals surface area contributed by atoms with E-state index in [0.29, 0.717) is 12.8 Å². The zero-order valence-corrected chi connectivity index (χ0v) is 11.0. The molecule has 0 saturated heterocycles. The van der Waals surface area contributed by atoms with E-state index in [2.05, 4.69) is 12.1 Å². The molecule has 0 unspecified atom stereocenters. The number of halogens is 1. The predicted molar refractivity (Wildman–Crippen MR) is 73.9 cm³/mol. The summed E-state index contributed by atoms with van der Waals surface area (Å²) in [4.78, 5) is 0. The molecular weight excluding hydrogens is 244 g/mol. The van der Waals surface area contributed by atoms with E-state index in [4.69, 9.17) is 11.6 Å².